The maximum absolute atomic E-state index is 6.37. The Morgan fingerprint density at radius 1 is 1.12 bits per heavy atom. The van der Waals surface area contributed by atoms with Gasteiger partial charge in [-0.3, -0.25) is 0 Å². The van der Waals surface area contributed by atoms with E-state index in [-0.39, 0.29) is 0 Å². The number of fused-ring (bicyclic) bond motifs is 3. The van der Waals surface area contributed by atoms with Crippen molar-refractivity contribution in [2.24, 2.45) is 0 Å². The van der Waals surface area contributed by atoms with Crippen LogP contribution in [-0.2, 0) is 0 Å². The second-order valence-electron chi connectivity index (χ2n) is 5.65. The van der Waals surface area contributed by atoms with Gasteiger partial charge in [0.15, 0.2) is 11.5 Å². The fourth-order valence-electron chi connectivity index (χ4n) is 2.84. The highest BCUT2D eigenvalue weighted by Crippen LogP contribution is 2.30. The molecule has 0 aliphatic rings. The molecule has 1 N–H and O–H groups in total. The molecular weight excluding hydrogens is 322 g/mol. The Balaban J connectivity index is 2.12. The summed E-state index contributed by atoms with van der Waals surface area (Å²) >= 11 is 6.37. The summed E-state index contributed by atoms with van der Waals surface area (Å²) in [6.45, 7) is 4.84. The van der Waals surface area contributed by atoms with Gasteiger partial charge in [-0.05, 0) is 38.1 Å². The normalized spacial score (nSPS) is 11.3. The number of aromatic nitrogens is 4. The average molecular weight is 338 g/mol. The van der Waals surface area contributed by atoms with Gasteiger partial charge in [0.2, 0.25) is 5.95 Å². The minimum atomic E-state index is 0.638. The zero-order valence-electron chi connectivity index (χ0n) is 13.4. The summed E-state index contributed by atoms with van der Waals surface area (Å²) in [6, 6.07) is 13.8. The van der Waals surface area contributed by atoms with E-state index in [0.717, 1.165) is 34.2 Å². The van der Waals surface area contributed by atoms with Crippen LogP contribution in [0.25, 0.3) is 27.9 Å². The lowest BCUT2D eigenvalue weighted by Crippen LogP contribution is -2.07. The molecule has 0 atom stereocenters. The first-order chi connectivity index (χ1) is 11.7. The third-order valence-electron chi connectivity index (χ3n) is 3.94. The van der Waals surface area contributed by atoms with Crippen LogP contribution in [0.3, 0.4) is 0 Å². The summed E-state index contributed by atoms with van der Waals surface area (Å²) in [5.74, 6) is 1.39. The summed E-state index contributed by atoms with van der Waals surface area (Å²) in [4.78, 5) is 4.75. The van der Waals surface area contributed by atoms with Crippen molar-refractivity contribution in [1.82, 2.24) is 19.6 Å². The van der Waals surface area contributed by atoms with Crippen LogP contribution in [-0.4, -0.2) is 26.1 Å². The standard InChI is InChI=1S/C18H16ClN5/c1-3-20-18-21-15-9-8-11(2)10-13(15)17-23-22-16(24(17)18)12-6-4-5-7-14(12)19/h4-10H,3H2,1-2H3,(H,20,21). The first-order valence-electron chi connectivity index (χ1n) is 7.83. The Bertz CT molecular complexity index is 1050. The van der Waals surface area contributed by atoms with E-state index in [9.17, 15) is 0 Å². The largest absolute Gasteiger partial charge is 0.356 e. The number of anilines is 1. The number of nitrogens with zero attached hydrogens (tertiary/aromatic N) is 4. The first-order valence-corrected chi connectivity index (χ1v) is 8.21. The minimum absolute atomic E-state index is 0.638. The van der Waals surface area contributed by atoms with E-state index in [0.29, 0.717) is 16.8 Å². The lowest BCUT2D eigenvalue weighted by atomic mass is 10.1. The van der Waals surface area contributed by atoms with Gasteiger partial charge in [0.25, 0.3) is 0 Å². The van der Waals surface area contributed by atoms with Crippen molar-refractivity contribution in [2.75, 3.05) is 11.9 Å². The number of aryl methyl sites for hydroxylation is 1. The molecule has 6 heteroatoms. The quantitative estimate of drug-likeness (QED) is 0.604. The number of hydrogen-bond acceptors (Lipinski definition) is 4. The molecule has 0 amide bonds. The number of halogens is 1. The van der Waals surface area contributed by atoms with Gasteiger partial charge >= 0.3 is 0 Å². The lowest BCUT2D eigenvalue weighted by Gasteiger charge is -2.11. The molecule has 4 aromatic rings. The van der Waals surface area contributed by atoms with E-state index < -0.39 is 0 Å². The van der Waals surface area contributed by atoms with Crippen molar-refractivity contribution < 1.29 is 0 Å². The molecule has 0 unspecified atom stereocenters. The lowest BCUT2D eigenvalue weighted by molar-refractivity contribution is 1.05. The fourth-order valence-corrected chi connectivity index (χ4v) is 3.06. The highest BCUT2D eigenvalue weighted by atomic mass is 35.5. The van der Waals surface area contributed by atoms with Crippen LogP contribution in [0, 0.1) is 6.92 Å². The first kappa shape index (κ1) is 14.9. The van der Waals surface area contributed by atoms with Crippen LogP contribution < -0.4 is 5.32 Å². The van der Waals surface area contributed by atoms with Crippen molar-refractivity contribution in [3.8, 4) is 11.4 Å². The van der Waals surface area contributed by atoms with E-state index in [2.05, 4.69) is 28.5 Å². The Hall–Kier alpha value is -2.66. The van der Waals surface area contributed by atoms with E-state index in [1.54, 1.807) is 0 Å². The third kappa shape index (κ3) is 2.29. The molecule has 0 radical (unpaired) electrons. The van der Waals surface area contributed by atoms with Gasteiger partial charge in [-0.25, -0.2) is 9.38 Å². The van der Waals surface area contributed by atoms with Crippen LogP contribution in [0.4, 0.5) is 5.95 Å². The molecule has 0 aliphatic heterocycles. The molecule has 4 rings (SSSR count). The number of benzene rings is 2. The SMILES string of the molecule is CCNc1nc2ccc(C)cc2c2nnc(-c3ccccc3Cl)n12. The summed E-state index contributed by atoms with van der Waals surface area (Å²) in [5, 5.41) is 13.7. The van der Waals surface area contributed by atoms with Crippen molar-refractivity contribution >= 4 is 34.1 Å². The van der Waals surface area contributed by atoms with Gasteiger partial charge in [-0.15, -0.1) is 10.2 Å². The molecule has 0 saturated heterocycles. The van der Waals surface area contributed by atoms with Crippen molar-refractivity contribution in [2.45, 2.75) is 13.8 Å². The number of hydrogen-bond donors (Lipinski definition) is 1. The van der Waals surface area contributed by atoms with Gasteiger partial charge in [0.1, 0.15) is 0 Å². The highest BCUT2D eigenvalue weighted by Gasteiger charge is 2.17. The summed E-state index contributed by atoms with van der Waals surface area (Å²) in [7, 11) is 0. The van der Waals surface area contributed by atoms with Crippen LogP contribution in [0.5, 0.6) is 0 Å². The highest BCUT2D eigenvalue weighted by molar-refractivity contribution is 6.33. The molecule has 0 bridgehead atoms. The molecule has 0 fully saturated rings. The predicted molar refractivity (Wildman–Crippen MR) is 97.6 cm³/mol. The molecule has 0 aliphatic carbocycles. The molecular formula is C18H16ClN5. The van der Waals surface area contributed by atoms with Gasteiger partial charge in [0, 0.05) is 17.5 Å². The van der Waals surface area contributed by atoms with E-state index in [1.807, 2.05) is 47.7 Å². The third-order valence-corrected chi connectivity index (χ3v) is 4.27. The molecule has 2 aromatic carbocycles. The summed E-state index contributed by atoms with van der Waals surface area (Å²) in [6.07, 6.45) is 0. The maximum atomic E-state index is 6.37. The van der Waals surface area contributed by atoms with Gasteiger partial charge in [-0.1, -0.05) is 35.4 Å². The van der Waals surface area contributed by atoms with Crippen LogP contribution >= 0.6 is 11.6 Å². The van der Waals surface area contributed by atoms with E-state index in [4.69, 9.17) is 16.6 Å². The Kier molecular flexibility index (Phi) is 3.58. The van der Waals surface area contributed by atoms with E-state index >= 15 is 0 Å². The topological polar surface area (TPSA) is 55.1 Å². The van der Waals surface area contributed by atoms with Crippen molar-refractivity contribution in [3.05, 3.63) is 53.1 Å². The number of nitrogens with one attached hydrogen (secondary N) is 1. The molecule has 120 valence electrons. The zero-order chi connectivity index (χ0) is 16.7. The monoisotopic (exact) mass is 337 g/mol. The van der Waals surface area contributed by atoms with Crippen LogP contribution in [0.2, 0.25) is 5.02 Å². The van der Waals surface area contributed by atoms with Gasteiger partial charge in [0.05, 0.1) is 10.5 Å². The van der Waals surface area contributed by atoms with Crippen molar-refractivity contribution in [3.63, 3.8) is 0 Å². The average Bonchev–Trinajstić information content (AvgIpc) is 3.01. The van der Waals surface area contributed by atoms with Gasteiger partial charge in [-0.2, -0.15) is 0 Å². The van der Waals surface area contributed by atoms with Crippen LogP contribution in [0.15, 0.2) is 42.5 Å². The molecule has 0 saturated carbocycles. The number of rotatable bonds is 3. The Morgan fingerprint density at radius 3 is 2.75 bits per heavy atom. The fraction of sp³-hybridized carbons (Fsp3) is 0.167. The smallest absolute Gasteiger partial charge is 0.211 e. The maximum Gasteiger partial charge on any atom is 0.211 e. The Morgan fingerprint density at radius 2 is 1.96 bits per heavy atom. The molecule has 5 nitrogen and oxygen atoms in total. The molecule has 24 heavy (non-hydrogen) atoms. The van der Waals surface area contributed by atoms with Crippen molar-refractivity contribution in [1.29, 1.82) is 0 Å². The molecule has 2 aromatic heterocycles. The zero-order valence-corrected chi connectivity index (χ0v) is 14.2. The molecule has 0 spiro atoms. The summed E-state index contributed by atoms with van der Waals surface area (Å²) in [5.41, 5.74) is 3.65. The second-order valence-corrected chi connectivity index (χ2v) is 6.06. The second kappa shape index (κ2) is 5.76. The predicted octanol–water partition coefficient (Wildman–Crippen LogP) is 4.34. The molecule has 2 heterocycles. The van der Waals surface area contributed by atoms with E-state index in [1.165, 1.54) is 0 Å². The van der Waals surface area contributed by atoms with Gasteiger partial charge < -0.3 is 5.32 Å². The Labute approximate surface area is 144 Å². The minimum Gasteiger partial charge on any atom is -0.356 e. The summed E-state index contributed by atoms with van der Waals surface area (Å²) < 4.78 is 1.94. The van der Waals surface area contributed by atoms with Crippen LogP contribution in [0.1, 0.15) is 12.5 Å².